The molecule has 140 valence electrons. The van der Waals surface area contributed by atoms with Gasteiger partial charge in [-0.3, -0.25) is 4.79 Å². The number of carboxylic acid groups (broad SMARTS) is 1. The van der Waals surface area contributed by atoms with E-state index in [0.717, 1.165) is 6.08 Å². The SMILES string of the molecule is NC(=O)/C=C/C=C/[C@@H]1C=C[C@@H]2C=C[C@H]3O[C@H](/C=C/C=C/C=C/C(=O)O)[C@@H]1[C@@H]23. The summed E-state index contributed by atoms with van der Waals surface area (Å²) >= 11 is 0. The average molecular weight is 365 g/mol. The number of ether oxygens (including phenoxy) is 1. The highest BCUT2D eigenvalue weighted by atomic mass is 16.5. The van der Waals surface area contributed by atoms with Crippen LogP contribution in [0.25, 0.3) is 0 Å². The largest absolute Gasteiger partial charge is 0.478 e. The van der Waals surface area contributed by atoms with Crippen molar-refractivity contribution >= 4 is 11.9 Å². The fourth-order valence-corrected chi connectivity index (χ4v) is 4.02. The Morgan fingerprint density at radius 1 is 0.852 bits per heavy atom. The Labute approximate surface area is 158 Å². The third-order valence-corrected chi connectivity index (χ3v) is 5.06. The first-order valence-corrected chi connectivity index (χ1v) is 8.97. The topological polar surface area (TPSA) is 89.6 Å². The van der Waals surface area contributed by atoms with Crippen molar-refractivity contribution in [2.75, 3.05) is 0 Å². The van der Waals surface area contributed by atoms with Gasteiger partial charge in [0.05, 0.1) is 12.2 Å². The van der Waals surface area contributed by atoms with Crippen LogP contribution in [0.5, 0.6) is 0 Å². The summed E-state index contributed by atoms with van der Waals surface area (Å²) in [5.41, 5.74) is 5.12. The van der Waals surface area contributed by atoms with E-state index < -0.39 is 11.9 Å². The van der Waals surface area contributed by atoms with E-state index in [9.17, 15) is 9.59 Å². The third-order valence-electron chi connectivity index (χ3n) is 5.06. The number of rotatable bonds is 7. The first-order chi connectivity index (χ1) is 13.1. The van der Waals surface area contributed by atoms with Crippen LogP contribution in [0.4, 0.5) is 0 Å². The van der Waals surface area contributed by atoms with Crippen molar-refractivity contribution in [2.45, 2.75) is 12.2 Å². The number of allylic oxidation sites excluding steroid dienone is 10. The van der Waals surface area contributed by atoms with Gasteiger partial charge in [-0.25, -0.2) is 4.79 Å². The second kappa shape index (κ2) is 8.64. The van der Waals surface area contributed by atoms with Gasteiger partial charge in [-0.05, 0) is 0 Å². The fourth-order valence-electron chi connectivity index (χ4n) is 4.02. The first-order valence-electron chi connectivity index (χ1n) is 8.97. The van der Waals surface area contributed by atoms with Crippen molar-refractivity contribution in [1.82, 2.24) is 0 Å². The van der Waals surface area contributed by atoms with Gasteiger partial charge in [-0.15, -0.1) is 0 Å². The van der Waals surface area contributed by atoms with Crippen LogP contribution in [0.1, 0.15) is 0 Å². The number of aliphatic carboxylic acids is 1. The van der Waals surface area contributed by atoms with Gasteiger partial charge in [-0.1, -0.05) is 72.9 Å². The molecule has 1 amide bonds. The summed E-state index contributed by atoms with van der Waals surface area (Å²) in [4.78, 5) is 21.3. The number of hydrogen-bond acceptors (Lipinski definition) is 3. The van der Waals surface area contributed by atoms with Gasteiger partial charge < -0.3 is 15.6 Å². The van der Waals surface area contributed by atoms with Crippen molar-refractivity contribution in [3.63, 3.8) is 0 Å². The molecule has 5 nitrogen and oxygen atoms in total. The maximum atomic E-state index is 10.8. The summed E-state index contributed by atoms with van der Waals surface area (Å²) in [6.07, 6.45) is 25.8. The van der Waals surface area contributed by atoms with Crippen molar-refractivity contribution in [3.05, 3.63) is 85.1 Å². The minimum atomic E-state index is -0.970. The molecule has 3 rings (SSSR count). The fraction of sp³-hybridized carbons (Fsp3) is 0.273. The van der Waals surface area contributed by atoms with Gasteiger partial charge in [0, 0.05) is 35.8 Å². The third kappa shape index (κ3) is 4.63. The minimum Gasteiger partial charge on any atom is -0.478 e. The van der Waals surface area contributed by atoms with Crippen LogP contribution in [0.3, 0.4) is 0 Å². The highest BCUT2D eigenvalue weighted by molar-refractivity contribution is 5.86. The second-order valence-electron chi connectivity index (χ2n) is 6.76. The number of primary amides is 1. The van der Waals surface area contributed by atoms with Crippen LogP contribution < -0.4 is 5.73 Å². The molecule has 0 bridgehead atoms. The molecular formula is C22H23NO4. The number of hydrogen-bond donors (Lipinski definition) is 2. The number of amides is 1. The van der Waals surface area contributed by atoms with Crippen LogP contribution in [-0.2, 0) is 14.3 Å². The molecule has 0 aromatic heterocycles. The van der Waals surface area contributed by atoms with Crippen molar-refractivity contribution in [1.29, 1.82) is 0 Å². The number of carbonyl (C=O) groups is 2. The number of nitrogens with two attached hydrogens (primary N) is 1. The van der Waals surface area contributed by atoms with E-state index in [0.29, 0.717) is 17.8 Å². The zero-order valence-corrected chi connectivity index (χ0v) is 14.8. The lowest BCUT2D eigenvalue weighted by molar-refractivity contribution is -0.131. The molecule has 0 radical (unpaired) electrons. The van der Waals surface area contributed by atoms with E-state index in [4.69, 9.17) is 15.6 Å². The summed E-state index contributed by atoms with van der Waals surface area (Å²) in [6, 6.07) is 0. The highest BCUT2D eigenvalue weighted by Crippen LogP contribution is 2.50. The molecule has 6 atom stereocenters. The van der Waals surface area contributed by atoms with Crippen LogP contribution in [-0.4, -0.2) is 29.2 Å². The molecule has 1 heterocycles. The van der Waals surface area contributed by atoms with E-state index >= 15 is 0 Å². The molecule has 1 saturated heterocycles. The Bertz CT molecular complexity index is 784. The lowest BCUT2D eigenvalue weighted by atomic mass is 9.70. The number of carbonyl (C=O) groups excluding carboxylic acids is 1. The summed E-state index contributed by atoms with van der Waals surface area (Å²) < 4.78 is 6.23. The molecule has 27 heavy (non-hydrogen) atoms. The normalized spacial score (nSPS) is 34.8. The van der Waals surface area contributed by atoms with Gasteiger partial charge >= 0.3 is 5.97 Å². The Morgan fingerprint density at radius 2 is 1.56 bits per heavy atom. The van der Waals surface area contributed by atoms with Gasteiger partial charge in [-0.2, -0.15) is 0 Å². The predicted octanol–water partition coefficient (Wildman–Crippen LogP) is 2.71. The average Bonchev–Trinajstić information content (AvgIpc) is 3.19. The highest BCUT2D eigenvalue weighted by Gasteiger charge is 2.50. The Morgan fingerprint density at radius 3 is 2.33 bits per heavy atom. The molecule has 3 N–H and O–H groups in total. The van der Waals surface area contributed by atoms with Crippen LogP contribution in [0, 0.1) is 23.7 Å². The molecule has 1 aliphatic heterocycles. The van der Waals surface area contributed by atoms with Crippen LogP contribution >= 0.6 is 0 Å². The van der Waals surface area contributed by atoms with Gasteiger partial charge in [0.15, 0.2) is 0 Å². The standard InChI is InChI=1S/C22H23NO4/c23-19(24)9-6-5-7-15-11-12-16-13-14-18-22(16)21(15)17(27-18)8-3-1-2-4-10-20(25)26/h1-18,21-22H,(H2,23,24)(H,25,26)/b2-1+,7-5+,8-3+,9-6+,10-4+/t15-,16-,17-,18-,21-,22+/m1/s1. The molecule has 3 aliphatic rings. The monoisotopic (exact) mass is 365 g/mol. The quantitative estimate of drug-likeness (QED) is 0.412. The van der Waals surface area contributed by atoms with E-state index in [1.165, 1.54) is 12.2 Å². The van der Waals surface area contributed by atoms with Crippen molar-refractivity contribution < 1.29 is 19.4 Å². The van der Waals surface area contributed by atoms with E-state index in [2.05, 4.69) is 30.4 Å². The van der Waals surface area contributed by atoms with Crippen molar-refractivity contribution in [3.8, 4) is 0 Å². The second-order valence-corrected chi connectivity index (χ2v) is 6.76. The molecule has 0 spiro atoms. The molecule has 0 unspecified atom stereocenters. The molecule has 1 fully saturated rings. The molecule has 2 aliphatic carbocycles. The number of carboxylic acids is 1. The molecule has 0 aromatic carbocycles. The smallest absolute Gasteiger partial charge is 0.328 e. The molecule has 0 saturated carbocycles. The summed E-state index contributed by atoms with van der Waals surface area (Å²) in [6.45, 7) is 0. The Kier molecular flexibility index (Phi) is 6.04. The van der Waals surface area contributed by atoms with Crippen LogP contribution in [0.15, 0.2) is 85.1 Å². The summed E-state index contributed by atoms with van der Waals surface area (Å²) in [5, 5.41) is 8.57. The zero-order valence-electron chi connectivity index (χ0n) is 14.8. The first kappa shape index (κ1) is 18.9. The molecule has 0 aromatic rings. The van der Waals surface area contributed by atoms with Gasteiger partial charge in [0.2, 0.25) is 5.91 Å². The predicted molar refractivity (Wildman–Crippen MR) is 103 cm³/mol. The van der Waals surface area contributed by atoms with E-state index in [-0.39, 0.29) is 18.1 Å². The summed E-state index contributed by atoms with van der Waals surface area (Å²) in [5.74, 6) is -0.111. The zero-order chi connectivity index (χ0) is 19.2. The van der Waals surface area contributed by atoms with Gasteiger partial charge in [0.25, 0.3) is 0 Å². The maximum Gasteiger partial charge on any atom is 0.328 e. The molecule has 5 heteroatoms. The van der Waals surface area contributed by atoms with E-state index in [1.807, 2.05) is 18.2 Å². The Hall–Kier alpha value is -2.92. The molecular weight excluding hydrogens is 342 g/mol. The lowest BCUT2D eigenvalue weighted by Gasteiger charge is -2.32. The minimum absolute atomic E-state index is 0.0275. The summed E-state index contributed by atoms with van der Waals surface area (Å²) in [7, 11) is 0. The maximum absolute atomic E-state index is 10.8. The Balaban J connectivity index is 1.72. The lowest BCUT2D eigenvalue weighted by Crippen LogP contribution is -2.32. The van der Waals surface area contributed by atoms with Crippen molar-refractivity contribution in [2.24, 2.45) is 29.4 Å². The van der Waals surface area contributed by atoms with E-state index in [1.54, 1.807) is 18.2 Å². The van der Waals surface area contributed by atoms with Gasteiger partial charge in [0.1, 0.15) is 0 Å². The van der Waals surface area contributed by atoms with Crippen LogP contribution in [0.2, 0.25) is 0 Å².